The molecule has 0 radical (unpaired) electrons. The number of aliphatic imine (C=N–C) groups is 1. The molecule has 0 unspecified atom stereocenters. The summed E-state index contributed by atoms with van der Waals surface area (Å²) in [7, 11) is 1.63. The summed E-state index contributed by atoms with van der Waals surface area (Å²) in [6, 6.07) is 19.4. The van der Waals surface area contributed by atoms with Crippen LogP contribution in [0.4, 0.5) is 0 Å². The third-order valence-corrected chi connectivity index (χ3v) is 4.13. The zero-order valence-corrected chi connectivity index (χ0v) is 14.6. The molecule has 0 atom stereocenters. The molecule has 2 aromatic carbocycles. The lowest BCUT2D eigenvalue weighted by molar-refractivity contribution is 0.414. The Hall–Kier alpha value is -3.34. The number of methoxy groups -OCH3 is 1. The minimum absolute atomic E-state index is 0.227. The number of aromatic amines is 1. The molecule has 0 amide bonds. The number of nitrogens with zero attached hydrogens (tertiary/aromatic N) is 1. The van der Waals surface area contributed by atoms with Gasteiger partial charge in [0.05, 0.1) is 19.2 Å². The van der Waals surface area contributed by atoms with Crippen LogP contribution < -0.4 is 16.0 Å². The highest BCUT2D eigenvalue weighted by atomic mass is 16.5. The van der Waals surface area contributed by atoms with Crippen LogP contribution in [-0.2, 0) is 13.0 Å². The molecule has 3 N–H and O–H groups in total. The van der Waals surface area contributed by atoms with Crippen molar-refractivity contribution in [2.75, 3.05) is 7.11 Å². The van der Waals surface area contributed by atoms with Crippen molar-refractivity contribution in [2.45, 2.75) is 13.0 Å². The molecule has 0 aliphatic rings. The van der Waals surface area contributed by atoms with Gasteiger partial charge < -0.3 is 15.5 Å². The summed E-state index contributed by atoms with van der Waals surface area (Å²) in [5.74, 6) is 1.03. The number of hydrogen-bond acceptors (Lipinski definition) is 3. The van der Waals surface area contributed by atoms with Crippen molar-refractivity contribution >= 4 is 5.84 Å². The Labute approximate surface area is 152 Å². The minimum atomic E-state index is -0.227. The SMILES string of the molecule is COc1ccc(CN=C(N)c2c(Cc3ccccc3)cc[nH]c2=O)cc1. The van der Waals surface area contributed by atoms with Gasteiger partial charge in [0, 0.05) is 6.20 Å². The van der Waals surface area contributed by atoms with E-state index in [-0.39, 0.29) is 11.4 Å². The number of hydrogen-bond donors (Lipinski definition) is 2. The first-order chi connectivity index (χ1) is 12.7. The maximum Gasteiger partial charge on any atom is 0.259 e. The molecule has 5 nitrogen and oxygen atoms in total. The summed E-state index contributed by atoms with van der Waals surface area (Å²) < 4.78 is 5.15. The minimum Gasteiger partial charge on any atom is -0.497 e. The van der Waals surface area contributed by atoms with E-state index in [0.717, 1.165) is 22.4 Å². The Kier molecular flexibility index (Phi) is 5.49. The Bertz CT molecular complexity index is 945. The van der Waals surface area contributed by atoms with E-state index >= 15 is 0 Å². The average molecular weight is 347 g/mol. The molecule has 0 saturated carbocycles. The molecule has 3 aromatic rings. The van der Waals surface area contributed by atoms with Gasteiger partial charge in [-0.1, -0.05) is 42.5 Å². The molecule has 0 saturated heterocycles. The van der Waals surface area contributed by atoms with E-state index < -0.39 is 0 Å². The molecule has 5 heteroatoms. The number of ether oxygens (including phenoxy) is 1. The zero-order valence-electron chi connectivity index (χ0n) is 14.6. The van der Waals surface area contributed by atoms with E-state index in [1.165, 1.54) is 0 Å². The predicted molar refractivity (Wildman–Crippen MR) is 104 cm³/mol. The predicted octanol–water partition coefficient (Wildman–Crippen LogP) is 2.88. The molecule has 3 rings (SSSR count). The van der Waals surface area contributed by atoms with Crippen molar-refractivity contribution in [1.82, 2.24) is 4.98 Å². The lowest BCUT2D eigenvalue weighted by Crippen LogP contribution is -2.27. The fourth-order valence-electron chi connectivity index (χ4n) is 2.75. The standard InChI is InChI=1S/C21H21N3O2/c1-26-18-9-7-16(8-10-18)14-24-20(22)19-17(11-12-23-21(19)25)13-15-5-3-2-4-6-15/h2-12H,13-14H2,1H3,(H2,22,24)(H,23,25). The molecule has 132 valence electrons. The summed E-state index contributed by atoms with van der Waals surface area (Å²) in [5.41, 5.74) is 9.33. The van der Waals surface area contributed by atoms with Gasteiger partial charge in [-0.25, -0.2) is 0 Å². The van der Waals surface area contributed by atoms with Crippen molar-refractivity contribution < 1.29 is 4.74 Å². The largest absolute Gasteiger partial charge is 0.497 e. The lowest BCUT2D eigenvalue weighted by Gasteiger charge is -2.09. The number of H-pyrrole nitrogens is 1. The van der Waals surface area contributed by atoms with Gasteiger partial charge in [0.25, 0.3) is 5.56 Å². The van der Waals surface area contributed by atoms with Crippen molar-refractivity contribution in [3.63, 3.8) is 0 Å². The van der Waals surface area contributed by atoms with E-state index in [0.29, 0.717) is 18.5 Å². The van der Waals surface area contributed by atoms with Gasteiger partial charge in [-0.15, -0.1) is 0 Å². The molecule has 1 aromatic heterocycles. The van der Waals surface area contributed by atoms with Gasteiger partial charge in [-0.3, -0.25) is 9.79 Å². The number of aromatic nitrogens is 1. The Morgan fingerprint density at radius 1 is 1.04 bits per heavy atom. The molecule has 0 fully saturated rings. The summed E-state index contributed by atoms with van der Waals surface area (Å²) in [6.07, 6.45) is 2.26. The fourth-order valence-corrected chi connectivity index (χ4v) is 2.75. The molecular weight excluding hydrogens is 326 g/mol. The molecule has 26 heavy (non-hydrogen) atoms. The van der Waals surface area contributed by atoms with Crippen molar-refractivity contribution in [3.05, 3.63) is 99.5 Å². The molecule has 1 heterocycles. The van der Waals surface area contributed by atoms with Crippen LogP contribution >= 0.6 is 0 Å². The number of nitrogens with two attached hydrogens (primary N) is 1. The second-order valence-corrected chi connectivity index (χ2v) is 5.92. The van der Waals surface area contributed by atoms with Gasteiger partial charge >= 0.3 is 0 Å². The van der Waals surface area contributed by atoms with Crippen LogP contribution in [0.2, 0.25) is 0 Å². The topological polar surface area (TPSA) is 80.5 Å². The highest BCUT2D eigenvalue weighted by molar-refractivity contribution is 5.98. The van der Waals surface area contributed by atoms with Crippen LogP contribution in [0.3, 0.4) is 0 Å². The molecule has 0 aliphatic carbocycles. The van der Waals surface area contributed by atoms with E-state index in [1.54, 1.807) is 13.3 Å². The van der Waals surface area contributed by atoms with Crippen LogP contribution in [0, 0.1) is 0 Å². The average Bonchev–Trinajstić information content (AvgIpc) is 2.67. The third-order valence-electron chi connectivity index (χ3n) is 4.13. The second kappa shape index (κ2) is 8.16. The monoisotopic (exact) mass is 347 g/mol. The van der Waals surface area contributed by atoms with E-state index in [9.17, 15) is 4.79 Å². The number of rotatable bonds is 6. The molecule has 0 bridgehead atoms. The van der Waals surface area contributed by atoms with Gasteiger partial charge in [0.1, 0.15) is 11.6 Å². The highest BCUT2D eigenvalue weighted by Gasteiger charge is 2.11. The van der Waals surface area contributed by atoms with E-state index in [1.807, 2.05) is 60.7 Å². The number of pyridine rings is 1. The lowest BCUT2D eigenvalue weighted by atomic mass is 10.0. The van der Waals surface area contributed by atoms with Crippen molar-refractivity contribution in [3.8, 4) is 5.75 Å². The van der Waals surface area contributed by atoms with E-state index in [2.05, 4.69) is 9.98 Å². The van der Waals surface area contributed by atoms with Crippen LogP contribution in [0.1, 0.15) is 22.3 Å². The summed E-state index contributed by atoms with van der Waals surface area (Å²) in [6.45, 7) is 0.398. The highest BCUT2D eigenvalue weighted by Crippen LogP contribution is 2.14. The van der Waals surface area contributed by atoms with Crippen LogP contribution in [0.15, 0.2) is 76.6 Å². The van der Waals surface area contributed by atoms with Gasteiger partial charge in [-0.2, -0.15) is 0 Å². The van der Waals surface area contributed by atoms with Crippen LogP contribution in [-0.4, -0.2) is 17.9 Å². The first-order valence-electron chi connectivity index (χ1n) is 8.35. The maximum absolute atomic E-state index is 12.3. The second-order valence-electron chi connectivity index (χ2n) is 5.92. The Balaban J connectivity index is 1.85. The Morgan fingerprint density at radius 2 is 1.77 bits per heavy atom. The van der Waals surface area contributed by atoms with E-state index in [4.69, 9.17) is 10.5 Å². The Morgan fingerprint density at radius 3 is 2.46 bits per heavy atom. The third kappa shape index (κ3) is 4.19. The number of benzene rings is 2. The molecule has 0 aliphatic heterocycles. The zero-order chi connectivity index (χ0) is 18.4. The smallest absolute Gasteiger partial charge is 0.259 e. The fraction of sp³-hybridized carbons (Fsp3) is 0.143. The van der Waals surface area contributed by atoms with Gasteiger partial charge in [0.2, 0.25) is 0 Å². The number of nitrogens with one attached hydrogen (secondary N) is 1. The first kappa shape index (κ1) is 17.5. The summed E-state index contributed by atoms with van der Waals surface area (Å²) >= 11 is 0. The van der Waals surface area contributed by atoms with Gasteiger partial charge in [-0.05, 0) is 41.3 Å². The van der Waals surface area contributed by atoms with Crippen LogP contribution in [0.25, 0.3) is 0 Å². The first-order valence-corrected chi connectivity index (χ1v) is 8.35. The van der Waals surface area contributed by atoms with Gasteiger partial charge in [0.15, 0.2) is 0 Å². The quantitative estimate of drug-likeness (QED) is 0.531. The molecular formula is C21H21N3O2. The van der Waals surface area contributed by atoms with Crippen molar-refractivity contribution in [2.24, 2.45) is 10.7 Å². The normalized spacial score (nSPS) is 11.3. The van der Waals surface area contributed by atoms with Crippen LogP contribution in [0.5, 0.6) is 5.75 Å². The van der Waals surface area contributed by atoms with Crippen molar-refractivity contribution in [1.29, 1.82) is 0 Å². The number of amidine groups is 1. The molecule has 0 spiro atoms. The maximum atomic E-state index is 12.3. The summed E-state index contributed by atoms with van der Waals surface area (Å²) in [4.78, 5) is 19.4. The summed E-state index contributed by atoms with van der Waals surface area (Å²) in [5, 5.41) is 0.